The van der Waals surface area contributed by atoms with Gasteiger partial charge in [0.05, 0.1) is 18.7 Å². The van der Waals surface area contributed by atoms with Crippen LogP contribution in [0.25, 0.3) is 0 Å². The van der Waals surface area contributed by atoms with E-state index in [1.165, 1.54) is 11.8 Å². The highest BCUT2D eigenvalue weighted by atomic mass is 16.3. The summed E-state index contributed by atoms with van der Waals surface area (Å²) < 4.78 is 0. The highest BCUT2D eigenvalue weighted by molar-refractivity contribution is 6.14. The van der Waals surface area contributed by atoms with Gasteiger partial charge in [0.2, 0.25) is 0 Å². The largest absolute Gasteiger partial charge is 0.510 e. The molecular weight excluding hydrogens is 216 g/mol. The minimum Gasteiger partial charge on any atom is -0.510 e. The van der Waals surface area contributed by atoms with Crippen LogP contribution in [-0.2, 0) is 11.3 Å². The zero-order chi connectivity index (χ0) is 12.3. The Balaban J connectivity index is 2.03. The molecule has 2 rings (SSSR count). The summed E-state index contributed by atoms with van der Waals surface area (Å²) in [5.74, 6) is -0.210. The van der Waals surface area contributed by atoms with Crippen molar-refractivity contribution in [2.24, 2.45) is 4.99 Å². The fourth-order valence-corrected chi connectivity index (χ4v) is 1.67. The number of aliphatic hydroxyl groups is 1. The number of aliphatic hydroxyl groups excluding tert-OH is 1. The first kappa shape index (κ1) is 11.4. The fraction of sp³-hybridized carbons (Fsp3) is 0.231. The van der Waals surface area contributed by atoms with Gasteiger partial charge in [-0.25, -0.2) is 0 Å². The molecule has 1 aliphatic heterocycles. The molecule has 2 N–H and O–H groups in total. The maximum atomic E-state index is 11.3. The monoisotopic (exact) mass is 230 g/mol. The minimum absolute atomic E-state index is 0.0583. The van der Waals surface area contributed by atoms with Crippen molar-refractivity contribution in [2.75, 3.05) is 6.54 Å². The Kier molecular flexibility index (Phi) is 3.23. The van der Waals surface area contributed by atoms with Gasteiger partial charge < -0.3 is 10.4 Å². The van der Waals surface area contributed by atoms with E-state index < -0.39 is 0 Å². The number of hydrogen-bond acceptors (Lipinski definition) is 3. The first-order chi connectivity index (χ1) is 8.16. The summed E-state index contributed by atoms with van der Waals surface area (Å²) in [6.07, 6.45) is 1.43. The minimum atomic E-state index is -0.268. The number of aryl methyl sites for hydroxylation is 1. The number of carbonyl (C=O) groups is 1. The molecule has 1 aromatic carbocycles. The van der Waals surface area contributed by atoms with Crippen molar-refractivity contribution in [1.82, 2.24) is 5.32 Å². The number of benzene rings is 1. The lowest BCUT2D eigenvalue weighted by molar-refractivity contribution is -0.116. The molecule has 1 heterocycles. The smallest absolute Gasteiger partial charge is 0.256 e. The van der Waals surface area contributed by atoms with Gasteiger partial charge in [-0.1, -0.05) is 29.8 Å². The lowest BCUT2D eigenvalue weighted by atomic mass is 10.1. The van der Waals surface area contributed by atoms with Gasteiger partial charge in [0, 0.05) is 6.21 Å². The highest BCUT2D eigenvalue weighted by Gasteiger charge is 2.19. The van der Waals surface area contributed by atoms with Crippen LogP contribution >= 0.6 is 0 Å². The Morgan fingerprint density at radius 2 is 2.35 bits per heavy atom. The Bertz CT molecular complexity index is 504. The second kappa shape index (κ2) is 4.82. The summed E-state index contributed by atoms with van der Waals surface area (Å²) in [6, 6.07) is 8.01. The van der Waals surface area contributed by atoms with Gasteiger partial charge in [-0.15, -0.1) is 0 Å². The topological polar surface area (TPSA) is 61.7 Å². The predicted molar refractivity (Wildman–Crippen MR) is 66.0 cm³/mol. The first-order valence-corrected chi connectivity index (χ1v) is 5.42. The zero-order valence-corrected chi connectivity index (χ0v) is 9.60. The van der Waals surface area contributed by atoms with Crippen LogP contribution in [0.5, 0.6) is 0 Å². The molecule has 0 aromatic heterocycles. The molecule has 0 saturated heterocycles. The van der Waals surface area contributed by atoms with Crippen LogP contribution in [0.3, 0.4) is 0 Å². The van der Waals surface area contributed by atoms with Gasteiger partial charge in [0.25, 0.3) is 5.91 Å². The number of aliphatic imine (C=N–C) groups is 1. The van der Waals surface area contributed by atoms with E-state index in [0.29, 0.717) is 6.54 Å². The molecule has 0 aliphatic carbocycles. The van der Waals surface area contributed by atoms with Crippen molar-refractivity contribution in [3.63, 3.8) is 0 Å². The lowest BCUT2D eigenvalue weighted by Crippen LogP contribution is -2.17. The van der Waals surface area contributed by atoms with E-state index >= 15 is 0 Å². The third-order valence-corrected chi connectivity index (χ3v) is 2.55. The Morgan fingerprint density at radius 1 is 1.53 bits per heavy atom. The second-order valence-electron chi connectivity index (χ2n) is 4.00. The van der Waals surface area contributed by atoms with Crippen LogP contribution in [0.15, 0.2) is 40.6 Å². The highest BCUT2D eigenvalue weighted by Crippen LogP contribution is 2.08. The number of carbonyl (C=O) groups excluding carboxylic acids is 1. The molecule has 0 bridgehead atoms. The van der Waals surface area contributed by atoms with Gasteiger partial charge in [0.1, 0.15) is 5.76 Å². The molecule has 0 radical (unpaired) electrons. The molecule has 17 heavy (non-hydrogen) atoms. The van der Waals surface area contributed by atoms with E-state index in [9.17, 15) is 9.90 Å². The van der Waals surface area contributed by atoms with Crippen LogP contribution in [0.1, 0.15) is 11.1 Å². The Hall–Kier alpha value is -2.10. The molecule has 0 fully saturated rings. The van der Waals surface area contributed by atoms with E-state index in [1.807, 2.05) is 31.2 Å². The number of nitrogens with one attached hydrogen (secondary N) is 1. The predicted octanol–water partition coefficient (Wildman–Crippen LogP) is 1.51. The summed E-state index contributed by atoms with van der Waals surface area (Å²) >= 11 is 0. The molecule has 4 heteroatoms. The van der Waals surface area contributed by atoms with E-state index in [0.717, 1.165) is 5.56 Å². The number of amides is 1. The van der Waals surface area contributed by atoms with Gasteiger partial charge >= 0.3 is 0 Å². The van der Waals surface area contributed by atoms with E-state index in [4.69, 9.17) is 0 Å². The van der Waals surface area contributed by atoms with Gasteiger partial charge in [-0.3, -0.25) is 9.79 Å². The van der Waals surface area contributed by atoms with E-state index in [-0.39, 0.29) is 23.8 Å². The number of hydrogen-bond donors (Lipinski definition) is 2. The van der Waals surface area contributed by atoms with Crippen LogP contribution in [0.2, 0.25) is 0 Å². The van der Waals surface area contributed by atoms with E-state index in [1.54, 1.807) is 0 Å². The molecule has 1 aliphatic rings. The summed E-state index contributed by atoms with van der Waals surface area (Å²) in [4.78, 5) is 15.4. The average molecular weight is 230 g/mol. The average Bonchev–Trinajstić information content (AvgIpc) is 2.61. The second-order valence-corrected chi connectivity index (χ2v) is 4.00. The molecular formula is C13H14N2O2. The Morgan fingerprint density at radius 3 is 3.00 bits per heavy atom. The van der Waals surface area contributed by atoms with Crippen LogP contribution in [-0.4, -0.2) is 23.8 Å². The van der Waals surface area contributed by atoms with Crippen molar-refractivity contribution >= 4 is 12.1 Å². The molecule has 1 aromatic rings. The molecule has 0 atom stereocenters. The number of rotatable bonds is 3. The molecule has 4 nitrogen and oxygen atoms in total. The third-order valence-electron chi connectivity index (χ3n) is 2.55. The Labute approximate surface area is 99.7 Å². The SMILES string of the molecule is Cc1cccc(CN=CC2=C(O)CNC2=O)c1. The van der Waals surface area contributed by atoms with Crippen LogP contribution in [0.4, 0.5) is 0 Å². The van der Waals surface area contributed by atoms with Crippen molar-refractivity contribution in [1.29, 1.82) is 0 Å². The molecule has 88 valence electrons. The van der Waals surface area contributed by atoms with Crippen LogP contribution < -0.4 is 5.32 Å². The summed E-state index contributed by atoms with van der Waals surface area (Å²) in [5, 5.41) is 11.9. The number of nitrogens with zero attached hydrogens (tertiary/aromatic N) is 1. The zero-order valence-electron chi connectivity index (χ0n) is 9.60. The van der Waals surface area contributed by atoms with Crippen LogP contribution in [0, 0.1) is 6.92 Å². The molecule has 0 unspecified atom stereocenters. The van der Waals surface area contributed by atoms with E-state index in [2.05, 4.69) is 10.3 Å². The first-order valence-electron chi connectivity index (χ1n) is 5.42. The van der Waals surface area contributed by atoms with Crippen molar-refractivity contribution in [3.05, 3.63) is 46.7 Å². The summed E-state index contributed by atoms with van der Waals surface area (Å²) in [7, 11) is 0. The van der Waals surface area contributed by atoms with Crippen molar-refractivity contribution in [2.45, 2.75) is 13.5 Å². The summed E-state index contributed by atoms with van der Waals surface area (Å²) in [6.45, 7) is 2.72. The molecule has 0 spiro atoms. The van der Waals surface area contributed by atoms with Gasteiger partial charge in [-0.05, 0) is 12.5 Å². The van der Waals surface area contributed by atoms with Gasteiger partial charge in [-0.2, -0.15) is 0 Å². The van der Waals surface area contributed by atoms with Gasteiger partial charge in [0.15, 0.2) is 0 Å². The maximum Gasteiger partial charge on any atom is 0.256 e. The molecule has 0 saturated carbocycles. The summed E-state index contributed by atoms with van der Waals surface area (Å²) in [5.41, 5.74) is 2.52. The maximum absolute atomic E-state index is 11.3. The lowest BCUT2D eigenvalue weighted by Gasteiger charge is -1.98. The normalized spacial score (nSPS) is 15.7. The molecule has 1 amide bonds. The quantitative estimate of drug-likeness (QED) is 0.773. The fourth-order valence-electron chi connectivity index (χ4n) is 1.67. The van der Waals surface area contributed by atoms with Crippen molar-refractivity contribution in [3.8, 4) is 0 Å². The third kappa shape index (κ3) is 2.72. The van der Waals surface area contributed by atoms with Crippen molar-refractivity contribution < 1.29 is 9.90 Å². The standard InChI is InChI=1S/C13H14N2O2/c1-9-3-2-4-10(5-9)6-14-7-11-12(16)8-15-13(11)17/h2-5,7,16H,6,8H2,1H3,(H,15,17).